The summed E-state index contributed by atoms with van der Waals surface area (Å²) in [4.78, 5) is 16.7. The van der Waals surface area contributed by atoms with Gasteiger partial charge in [0.2, 0.25) is 0 Å². The van der Waals surface area contributed by atoms with Crippen LogP contribution in [0.1, 0.15) is 17.3 Å². The summed E-state index contributed by atoms with van der Waals surface area (Å²) in [5, 5.41) is 0.612. The van der Waals surface area contributed by atoms with E-state index in [0.717, 1.165) is 23.2 Å². The predicted octanol–water partition coefficient (Wildman–Crippen LogP) is 2.72. The molecule has 0 N–H and O–H groups in total. The van der Waals surface area contributed by atoms with Crippen molar-refractivity contribution in [2.24, 2.45) is 0 Å². The molecule has 1 fully saturated rings. The van der Waals surface area contributed by atoms with E-state index in [1.807, 2.05) is 17.0 Å². The lowest BCUT2D eigenvalue weighted by Crippen LogP contribution is -2.52. The summed E-state index contributed by atoms with van der Waals surface area (Å²) in [5.74, 6) is 0.0856. The summed E-state index contributed by atoms with van der Waals surface area (Å²) in [7, 11) is 2.08. The highest BCUT2D eigenvalue weighted by molar-refractivity contribution is 14.1. The summed E-state index contributed by atoms with van der Waals surface area (Å²) in [6, 6.07) is 5.70. The van der Waals surface area contributed by atoms with Gasteiger partial charge in [0.1, 0.15) is 0 Å². The summed E-state index contributed by atoms with van der Waals surface area (Å²) >= 11 is 8.16. The Morgan fingerprint density at radius 3 is 2.83 bits per heavy atom. The van der Waals surface area contributed by atoms with Crippen LogP contribution >= 0.6 is 34.2 Å². The third-order valence-corrected chi connectivity index (χ3v) is 4.43. The Morgan fingerprint density at radius 2 is 2.17 bits per heavy atom. The molecule has 1 amide bonds. The normalized spacial score (nSPS) is 21.1. The lowest BCUT2D eigenvalue weighted by atomic mass is 10.1. The number of carbonyl (C=O) groups is 1. The first-order valence-corrected chi connectivity index (χ1v) is 7.39. The summed E-state index contributed by atoms with van der Waals surface area (Å²) in [6.07, 6.45) is 0. The molecule has 0 aliphatic carbocycles. The predicted molar refractivity (Wildman–Crippen MR) is 82.2 cm³/mol. The maximum absolute atomic E-state index is 12.5. The molecule has 0 radical (unpaired) electrons. The Labute approximate surface area is 126 Å². The SMILES string of the molecule is CC1CN(C)CCN1C(=O)c1cc(Cl)ccc1I. The molecule has 1 aromatic carbocycles. The first-order chi connectivity index (χ1) is 8.49. The average Bonchev–Trinajstić information content (AvgIpc) is 2.31. The van der Waals surface area contributed by atoms with Crippen molar-refractivity contribution in [3.63, 3.8) is 0 Å². The lowest BCUT2D eigenvalue weighted by molar-refractivity contribution is 0.0532. The molecule has 18 heavy (non-hydrogen) atoms. The number of likely N-dealkylation sites (N-methyl/N-ethyl adjacent to an activating group) is 1. The number of piperazine rings is 1. The standard InChI is InChI=1S/C13H16ClIN2O/c1-9-8-16(2)5-6-17(9)13(18)11-7-10(14)3-4-12(11)15/h3-4,7,9H,5-6,8H2,1-2H3. The van der Waals surface area contributed by atoms with Gasteiger partial charge in [0, 0.05) is 34.3 Å². The lowest BCUT2D eigenvalue weighted by Gasteiger charge is -2.38. The van der Waals surface area contributed by atoms with Crippen molar-refractivity contribution in [2.75, 3.05) is 26.7 Å². The van der Waals surface area contributed by atoms with E-state index in [0.29, 0.717) is 10.6 Å². The van der Waals surface area contributed by atoms with Crippen molar-refractivity contribution in [3.8, 4) is 0 Å². The van der Waals surface area contributed by atoms with Crippen LogP contribution in [0.5, 0.6) is 0 Å². The molecule has 2 rings (SSSR count). The van der Waals surface area contributed by atoms with E-state index < -0.39 is 0 Å². The number of nitrogens with zero attached hydrogens (tertiary/aromatic N) is 2. The van der Waals surface area contributed by atoms with Gasteiger partial charge in [-0.2, -0.15) is 0 Å². The zero-order valence-corrected chi connectivity index (χ0v) is 13.4. The van der Waals surface area contributed by atoms with E-state index in [2.05, 4.69) is 41.5 Å². The van der Waals surface area contributed by atoms with Crippen LogP contribution < -0.4 is 0 Å². The highest BCUT2D eigenvalue weighted by Crippen LogP contribution is 2.21. The third-order valence-electron chi connectivity index (χ3n) is 3.25. The molecular formula is C13H16ClIN2O. The fourth-order valence-corrected chi connectivity index (χ4v) is 3.00. The molecule has 0 saturated carbocycles. The molecule has 1 atom stereocenters. The topological polar surface area (TPSA) is 23.6 Å². The molecule has 1 heterocycles. The molecule has 1 aliphatic rings. The Kier molecular flexibility index (Phi) is 4.50. The van der Waals surface area contributed by atoms with Crippen molar-refractivity contribution >= 4 is 40.1 Å². The molecule has 1 saturated heterocycles. The van der Waals surface area contributed by atoms with Gasteiger partial charge in [0.15, 0.2) is 0 Å². The fourth-order valence-electron chi connectivity index (χ4n) is 2.26. The van der Waals surface area contributed by atoms with Crippen LogP contribution in [0.2, 0.25) is 5.02 Å². The van der Waals surface area contributed by atoms with Gasteiger partial charge in [0.25, 0.3) is 5.91 Å². The Hall–Kier alpha value is -0.330. The number of benzene rings is 1. The second-order valence-corrected chi connectivity index (χ2v) is 6.33. The molecule has 1 unspecified atom stereocenters. The quantitative estimate of drug-likeness (QED) is 0.702. The van der Waals surface area contributed by atoms with Gasteiger partial charge in [-0.1, -0.05) is 11.6 Å². The van der Waals surface area contributed by atoms with E-state index in [9.17, 15) is 4.79 Å². The minimum Gasteiger partial charge on any atom is -0.333 e. The minimum absolute atomic E-state index is 0.0856. The first-order valence-electron chi connectivity index (χ1n) is 5.93. The van der Waals surface area contributed by atoms with Gasteiger partial charge in [-0.05, 0) is 54.8 Å². The zero-order valence-electron chi connectivity index (χ0n) is 10.5. The number of amides is 1. The van der Waals surface area contributed by atoms with E-state index in [4.69, 9.17) is 11.6 Å². The number of halogens is 2. The maximum atomic E-state index is 12.5. The van der Waals surface area contributed by atoms with E-state index in [1.54, 1.807) is 6.07 Å². The maximum Gasteiger partial charge on any atom is 0.255 e. The number of hydrogen-bond donors (Lipinski definition) is 0. The minimum atomic E-state index is 0.0856. The van der Waals surface area contributed by atoms with Crippen molar-refractivity contribution in [3.05, 3.63) is 32.4 Å². The van der Waals surface area contributed by atoms with Crippen LogP contribution in [0.15, 0.2) is 18.2 Å². The summed E-state index contributed by atoms with van der Waals surface area (Å²) in [5.41, 5.74) is 0.708. The summed E-state index contributed by atoms with van der Waals surface area (Å²) < 4.78 is 0.952. The van der Waals surface area contributed by atoms with Crippen molar-refractivity contribution in [2.45, 2.75) is 13.0 Å². The van der Waals surface area contributed by atoms with Crippen LogP contribution in [0.3, 0.4) is 0 Å². The summed E-state index contributed by atoms with van der Waals surface area (Å²) in [6.45, 7) is 4.71. The molecule has 98 valence electrons. The molecule has 0 bridgehead atoms. The molecule has 0 aromatic heterocycles. The second-order valence-electron chi connectivity index (χ2n) is 4.73. The highest BCUT2D eigenvalue weighted by atomic mass is 127. The van der Waals surface area contributed by atoms with Gasteiger partial charge in [-0.25, -0.2) is 0 Å². The molecule has 1 aliphatic heterocycles. The third kappa shape index (κ3) is 2.97. The number of rotatable bonds is 1. The smallest absolute Gasteiger partial charge is 0.255 e. The van der Waals surface area contributed by atoms with E-state index in [1.165, 1.54) is 0 Å². The van der Waals surface area contributed by atoms with Gasteiger partial charge >= 0.3 is 0 Å². The van der Waals surface area contributed by atoms with Gasteiger partial charge in [0.05, 0.1) is 5.56 Å². The largest absolute Gasteiger partial charge is 0.333 e. The van der Waals surface area contributed by atoms with E-state index >= 15 is 0 Å². The van der Waals surface area contributed by atoms with Gasteiger partial charge in [-0.3, -0.25) is 4.79 Å². The zero-order chi connectivity index (χ0) is 13.3. The average molecular weight is 379 g/mol. The molecule has 5 heteroatoms. The second kappa shape index (κ2) is 5.75. The van der Waals surface area contributed by atoms with Crippen LogP contribution in [0.25, 0.3) is 0 Å². The number of carbonyl (C=O) groups excluding carboxylic acids is 1. The van der Waals surface area contributed by atoms with Gasteiger partial charge < -0.3 is 9.80 Å². The number of hydrogen-bond acceptors (Lipinski definition) is 2. The van der Waals surface area contributed by atoms with Crippen LogP contribution in [0.4, 0.5) is 0 Å². The van der Waals surface area contributed by atoms with Crippen molar-refractivity contribution in [1.29, 1.82) is 0 Å². The van der Waals surface area contributed by atoms with Crippen LogP contribution in [-0.4, -0.2) is 48.4 Å². The highest BCUT2D eigenvalue weighted by Gasteiger charge is 2.27. The fraction of sp³-hybridized carbons (Fsp3) is 0.462. The molecule has 3 nitrogen and oxygen atoms in total. The Balaban J connectivity index is 2.23. The molecule has 0 spiro atoms. The molecule has 1 aromatic rings. The first kappa shape index (κ1) is 14.1. The Morgan fingerprint density at radius 1 is 1.44 bits per heavy atom. The van der Waals surface area contributed by atoms with Gasteiger partial charge in [-0.15, -0.1) is 0 Å². The molecular weight excluding hydrogens is 363 g/mol. The van der Waals surface area contributed by atoms with Crippen LogP contribution in [0, 0.1) is 3.57 Å². The van der Waals surface area contributed by atoms with Crippen molar-refractivity contribution in [1.82, 2.24) is 9.80 Å². The van der Waals surface area contributed by atoms with Crippen LogP contribution in [-0.2, 0) is 0 Å². The monoisotopic (exact) mass is 378 g/mol. The van der Waals surface area contributed by atoms with E-state index in [-0.39, 0.29) is 11.9 Å². The Bertz CT molecular complexity index is 466. The van der Waals surface area contributed by atoms with Crippen molar-refractivity contribution < 1.29 is 4.79 Å².